The van der Waals surface area contributed by atoms with Crippen molar-refractivity contribution in [2.24, 2.45) is 5.92 Å². The highest BCUT2D eigenvalue weighted by atomic mass is 79.9. The maximum absolute atomic E-state index is 3.56. The molecule has 0 aromatic heterocycles. The monoisotopic (exact) mass is 219 g/mol. The Bertz CT molecular complexity index is 110. The normalized spacial score (nSPS) is 20.7. The van der Waals surface area contributed by atoms with Crippen molar-refractivity contribution in [1.29, 1.82) is 0 Å². The quantitative estimate of drug-likeness (QED) is 0.643. The molecule has 0 spiro atoms. The van der Waals surface area contributed by atoms with Gasteiger partial charge in [0.2, 0.25) is 0 Å². The lowest BCUT2D eigenvalue weighted by molar-refractivity contribution is 0.327. The molecule has 1 aliphatic carbocycles. The second-order valence-electron chi connectivity index (χ2n) is 3.78. The molecule has 0 N–H and O–H groups in total. The largest absolute Gasteiger partial charge is 0.305 e. The van der Waals surface area contributed by atoms with E-state index in [0.717, 1.165) is 5.92 Å². The van der Waals surface area contributed by atoms with Crippen LogP contribution in [0.5, 0.6) is 0 Å². The average molecular weight is 220 g/mol. The molecule has 0 saturated heterocycles. The van der Waals surface area contributed by atoms with Crippen molar-refractivity contribution in [3.8, 4) is 0 Å². The highest BCUT2D eigenvalue weighted by Gasteiger charge is 2.21. The molecule has 1 atom stereocenters. The first-order valence-electron chi connectivity index (χ1n) is 4.51. The third-order valence-electron chi connectivity index (χ3n) is 2.18. The van der Waals surface area contributed by atoms with Crippen molar-refractivity contribution in [3.63, 3.8) is 0 Å². The zero-order chi connectivity index (χ0) is 8.27. The van der Waals surface area contributed by atoms with Crippen molar-refractivity contribution in [1.82, 2.24) is 4.90 Å². The van der Waals surface area contributed by atoms with E-state index in [2.05, 4.69) is 34.8 Å². The van der Waals surface area contributed by atoms with Gasteiger partial charge in [0.05, 0.1) is 0 Å². The van der Waals surface area contributed by atoms with Gasteiger partial charge >= 0.3 is 0 Å². The van der Waals surface area contributed by atoms with Crippen LogP contribution in [0.25, 0.3) is 0 Å². The molecule has 1 rings (SSSR count). The van der Waals surface area contributed by atoms with Gasteiger partial charge in [0.15, 0.2) is 0 Å². The summed E-state index contributed by atoms with van der Waals surface area (Å²) < 4.78 is 0. The van der Waals surface area contributed by atoms with Gasteiger partial charge in [-0.1, -0.05) is 35.7 Å². The van der Waals surface area contributed by atoms with Gasteiger partial charge in [-0.3, -0.25) is 0 Å². The molecule has 1 aliphatic rings. The van der Waals surface area contributed by atoms with Gasteiger partial charge in [-0.25, -0.2) is 0 Å². The molecule has 0 aromatic rings. The van der Waals surface area contributed by atoms with Crippen molar-refractivity contribution in [2.75, 3.05) is 20.1 Å². The maximum Gasteiger partial charge on any atom is 0.0244 e. The Hall–Kier alpha value is 0.440. The van der Waals surface area contributed by atoms with E-state index < -0.39 is 0 Å². The van der Waals surface area contributed by atoms with Gasteiger partial charge in [0.1, 0.15) is 0 Å². The second kappa shape index (κ2) is 4.46. The van der Waals surface area contributed by atoms with Crippen LogP contribution < -0.4 is 0 Å². The zero-order valence-electron chi connectivity index (χ0n) is 7.52. The standard InChI is InChI=1S/C9H18BrN/c1-8(10)7-11(2)6-5-9-3-4-9/h8-9H,3-7H2,1-2H3. The summed E-state index contributed by atoms with van der Waals surface area (Å²) in [5.74, 6) is 1.07. The first-order chi connectivity index (χ1) is 5.18. The first-order valence-corrected chi connectivity index (χ1v) is 5.42. The third kappa shape index (κ3) is 4.81. The van der Waals surface area contributed by atoms with E-state index in [9.17, 15) is 0 Å². The summed E-state index contributed by atoms with van der Waals surface area (Å²) in [5.41, 5.74) is 0. The van der Waals surface area contributed by atoms with Gasteiger partial charge in [0.25, 0.3) is 0 Å². The lowest BCUT2D eigenvalue weighted by Crippen LogP contribution is -2.25. The Morgan fingerprint density at radius 3 is 2.64 bits per heavy atom. The summed E-state index contributed by atoms with van der Waals surface area (Å²) in [6.07, 6.45) is 4.38. The van der Waals surface area contributed by atoms with E-state index >= 15 is 0 Å². The summed E-state index contributed by atoms with van der Waals surface area (Å²) in [7, 11) is 2.21. The molecular formula is C9H18BrN. The Labute approximate surface area is 78.3 Å². The maximum atomic E-state index is 3.56. The van der Waals surface area contributed by atoms with Crippen molar-refractivity contribution >= 4 is 15.9 Å². The highest BCUT2D eigenvalue weighted by Crippen LogP contribution is 2.32. The fourth-order valence-corrected chi connectivity index (χ4v) is 1.82. The zero-order valence-corrected chi connectivity index (χ0v) is 9.10. The number of halogens is 1. The van der Waals surface area contributed by atoms with Crippen LogP contribution in [0.4, 0.5) is 0 Å². The van der Waals surface area contributed by atoms with E-state index in [1.54, 1.807) is 0 Å². The summed E-state index contributed by atoms with van der Waals surface area (Å²) in [6.45, 7) is 4.65. The van der Waals surface area contributed by atoms with Crippen LogP contribution in [0.1, 0.15) is 26.2 Å². The molecule has 0 aromatic carbocycles. The molecule has 1 nitrogen and oxygen atoms in total. The lowest BCUT2D eigenvalue weighted by Gasteiger charge is -2.17. The summed E-state index contributed by atoms with van der Waals surface area (Å²) in [4.78, 5) is 3.05. The number of hydrogen-bond donors (Lipinski definition) is 0. The number of hydrogen-bond acceptors (Lipinski definition) is 1. The summed E-state index contributed by atoms with van der Waals surface area (Å²) in [6, 6.07) is 0. The summed E-state index contributed by atoms with van der Waals surface area (Å²) >= 11 is 3.56. The smallest absolute Gasteiger partial charge is 0.0244 e. The van der Waals surface area contributed by atoms with Crippen molar-refractivity contribution in [2.45, 2.75) is 31.0 Å². The van der Waals surface area contributed by atoms with E-state index in [4.69, 9.17) is 0 Å². The fourth-order valence-electron chi connectivity index (χ4n) is 1.33. The van der Waals surface area contributed by atoms with Crippen molar-refractivity contribution < 1.29 is 0 Å². The van der Waals surface area contributed by atoms with Gasteiger partial charge in [-0.15, -0.1) is 0 Å². The van der Waals surface area contributed by atoms with Crippen LogP contribution in [0, 0.1) is 5.92 Å². The minimum Gasteiger partial charge on any atom is -0.305 e. The fraction of sp³-hybridized carbons (Fsp3) is 1.00. The van der Waals surface area contributed by atoms with E-state index in [1.807, 2.05) is 0 Å². The van der Waals surface area contributed by atoms with Crippen molar-refractivity contribution in [3.05, 3.63) is 0 Å². The van der Waals surface area contributed by atoms with Crippen LogP contribution in [0.2, 0.25) is 0 Å². The van der Waals surface area contributed by atoms with Crippen LogP contribution in [0.15, 0.2) is 0 Å². The first kappa shape index (κ1) is 9.53. The molecule has 66 valence electrons. The second-order valence-corrected chi connectivity index (χ2v) is 5.34. The predicted molar refractivity (Wildman–Crippen MR) is 53.2 cm³/mol. The average Bonchev–Trinajstić information content (AvgIpc) is 2.63. The third-order valence-corrected chi connectivity index (χ3v) is 2.47. The highest BCUT2D eigenvalue weighted by molar-refractivity contribution is 9.09. The van der Waals surface area contributed by atoms with Crippen LogP contribution in [-0.2, 0) is 0 Å². The number of nitrogens with zero attached hydrogens (tertiary/aromatic N) is 1. The molecular weight excluding hydrogens is 202 g/mol. The van der Waals surface area contributed by atoms with Gasteiger partial charge in [-0.05, 0) is 25.9 Å². The molecule has 0 amide bonds. The Balaban J connectivity index is 1.95. The SMILES string of the molecule is CC(Br)CN(C)CCC1CC1. The molecule has 2 heteroatoms. The van der Waals surface area contributed by atoms with E-state index in [1.165, 1.54) is 32.4 Å². The molecule has 0 radical (unpaired) electrons. The minimum atomic E-state index is 0.631. The molecule has 0 aliphatic heterocycles. The number of alkyl halides is 1. The van der Waals surface area contributed by atoms with Crippen LogP contribution >= 0.6 is 15.9 Å². The van der Waals surface area contributed by atoms with E-state index in [0.29, 0.717) is 4.83 Å². The lowest BCUT2D eigenvalue weighted by atomic mass is 10.3. The molecule has 1 saturated carbocycles. The van der Waals surface area contributed by atoms with Gasteiger partial charge in [0, 0.05) is 11.4 Å². The molecule has 1 unspecified atom stereocenters. The van der Waals surface area contributed by atoms with Gasteiger partial charge < -0.3 is 4.90 Å². The predicted octanol–water partition coefficient (Wildman–Crippen LogP) is 2.50. The number of rotatable bonds is 5. The molecule has 11 heavy (non-hydrogen) atoms. The van der Waals surface area contributed by atoms with Crippen LogP contribution in [-0.4, -0.2) is 29.9 Å². The topological polar surface area (TPSA) is 3.24 Å². The Kier molecular flexibility index (Phi) is 3.86. The van der Waals surface area contributed by atoms with E-state index in [-0.39, 0.29) is 0 Å². The minimum absolute atomic E-state index is 0.631. The van der Waals surface area contributed by atoms with Crippen LogP contribution in [0.3, 0.4) is 0 Å². The summed E-state index contributed by atoms with van der Waals surface area (Å²) in [5, 5.41) is 0. The Morgan fingerprint density at radius 2 is 2.18 bits per heavy atom. The molecule has 0 bridgehead atoms. The Morgan fingerprint density at radius 1 is 1.55 bits per heavy atom. The molecule has 1 fully saturated rings. The molecule has 0 heterocycles. The van der Waals surface area contributed by atoms with Gasteiger partial charge in [-0.2, -0.15) is 0 Å².